The molecule has 29 heavy (non-hydrogen) atoms. The molecule has 1 unspecified atom stereocenters. The highest BCUT2D eigenvalue weighted by Gasteiger charge is 2.25. The van der Waals surface area contributed by atoms with Crippen LogP contribution in [0.2, 0.25) is 5.02 Å². The van der Waals surface area contributed by atoms with E-state index < -0.39 is 0 Å². The van der Waals surface area contributed by atoms with Crippen LogP contribution in [0.1, 0.15) is 15.9 Å². The van der Waals surface area contributed by atoms with Crippen molar-refractivity contribution in [2.45, 2.75) is 6.10 Å². The Labute approximate surface area is 172 Å². The molecule has 0 bridgehead atoms. The van der Waals surface area contributed by atoms with Crippen molar-refractivity contribution >= 4 is 28.4 Å². The predicted octanol–water partition coefficient (Wildman–Crippen LogP) is 5.76. The Bertz CT molecular complexity index is 1190. The van der Waals surface area contributed by atoms with Gasteiger partial charge in [0.15, 0.2) is 5.78 Å². The van der Waals surface area contributed by atoms with Gasteiger partial charge in [-0.15, -0.1) is 0 Å². The number of epoxide rings is 1. The van der Waals surface area contributed by atoms with Crippen molar-refractivity contribution in [2.24, 2.45) is 0 Å². The Hall–Kier alpha value is -3.08. The number of carbonyl (C=O) groups is 1. The maximum atomic E-state index is 13.4. The zero-order valence-electron chi connectivity index (χ0n) is 15.4. The molecule has 0 N–H and O–H groups in total. The molecule has 0 aliphatic carbocycles. The molecule has 144 valence electrons. The summed E-state index contributed by atoms with van der Waals surface area (Å²) in [5.41, 5.74) is 2.54. The van der Waals surface area contributed by atoms with Gasteiger partial charge >= 0.3 is 0 Å². The third-order valence-electron chi connectivity index (χ3n) is 4.86. The second-order valence-electron chi connectivity index (χ2n) is 6.93. The van der Waals surface area contributed by atoms with E-state index >= 15 is 0 Å². The largest absolute Gasteiger partial charge is 0.491 e. The summed E-state index contributed by atoms with van der Waals surface area (Å²) in [5.74, 6) is 1.13. The van der Waals surface area contributed by atoms with Crippen molar-refractivity contribution in [3.63, 3.8) is 0 Å². The lowest BCUT2D eigenvalue weighted by atomic mass is 9.97. The van der Waals surface area contributed by atoms with E-state index in [1.54, 1.807) is 24.3 Å². The molecule has 4 nitrogen and oxygen atoms in total. The van der Waals surface area contributed by atoms with E-state index in [-0.39, 0.29) is 11.9 Å². The second-order valence-corrected chi connectivity index (χ2v) is 7.37. The molecule has 0 amide bonds. The standard InChI is InChI=1S/C24H17ClO4/c25-17-10-8-15(9-11-17)23(26)22-20-6-1-2-7-21(20)29-24(22)16-4-3-5-18(12-16)27-13-19-14-28-19/h1-12,19H,13-14H2. The van der Waals surface area contributed by atoms with E-state index in [1.165, 1.54) is 0 Å². The summed E-state index contributed by atoms with van der Waals surface area (Å²) in [5, 5.41) is 1.36. The fourth-order valence-corrected chi connectivity index (χ4v) is 3.43. The van der Waals surface area contributed by atoms with Crippen LogP contribution in [0.5, 0.6) is 5.75 Å². The van der Waals surface area contributed by atoms with Crippen LogP contribution < -0.4 is 4.74 Å². The van der Waals surface area contributed by atoms with Crippen LogP contribution in [0, 0.1) is 0 Å². The molecule has 4 aromatic rings. The van der Waals surface area contributed by atoms with Crippen molar-refractivity contribution in [1.82, 2.24) is 0 Å². The van der Waals surface area contributed by atoms with E-state index in [0.717, 1.165) is 17.6 Å². The average molecular weight is 405 g/mol. The fraction of sp³-hybridized carbons (Fsp3) is 0.125. The Morgan fingerprint density at radius 3 is 2.62 bits per heavy atom. The van der Waals surface area contributed by atoms with Crippen LogP contribution in [0.4, 0.5) is 0 Å². The zero-order chi connectivity index (χ0) is 19.8. The lowest BCUT2D eigenvalue weighted by molar-refractivity contribution is 0.104. The summed E-state index contributed by atoms with van der Waals surface area (Å²) in [7, 11) is 0. The van der Waals surface area contributed by atoms with E-state index in [1.807, 2.05) is 48.5 Å². The first-order valence-electron chi connectivity index (χ1n) is 9.36. The van der Waals surface area contributed by atoms with Crippen LogP contribution >= 0.6 is 11.6 Å². The molecule has 0 saturated carbocycles. The number of rotatable bonds is 6. The van der Waals surface area contributed by atoms with Gasteiger partial charge in [-0.05, 0) is 42.5 Å². The number of ether oxygens (including phenoxy) is 2. The minimum absolute atomic E-state index is 0.112. The number of hydrogen-bond acceptors (Lipinski definition) is 4. The third-order valence-corrected chi connectivity index (χ3v) is 5.12. The van der Waals surface area contributed by atoms with Gasteiger partial charge in [0, 0.05) is 21.5 Å². The van der Waals surface area contributed by atoms with E-state index in [2.05, 4.69) is 0 Å². The quantitative estimate of drug-likeness (QED) is 0.303. The highest BCUT2D eigenvalue weighted by molar-refractivity contribution is 6.30. The maximum Gasteiger partial charge on any atom is 0.197 e. The molecule has 1 saturated heterocycles. The topological polar surface area (TPSA) is 52.0 Å². The zero-order valence-corrected chi connectivity index (χ0v) is 16.2. The van der Waals surface area contributed by atoms with Gasteiger partial charge in [0.2, 0.25) is 0 Å². The van der Waals surface area contributed by atoms with Gasteiger partial charge in [-0.3, -0.25) is 4.79 Å². The van der Waals surface area contributed by atoms with Crippen LogP contribution in [0.15, 0.2) is 77.2 Å². The van der Waals surface area contributed by atoms with E-state index in [4.69, 9.17) is 25.5 Å². The van der Waals surface area contributed by atoms with E-state index in [9.17, 15) is 4.79 Å². The van der Waals surface area contributed by atoms with Crippen LogP contribution in [-0.4, -0.2) is 25.1 Å². The van der Waals surface area contributed by atoms with Crippen molar-refractivity contribution in [2.75, 3.05) is 13.2 Å². The molecule has 1 aromatic heterocycles. The van der Waals surface area contributed by atoms with Gasteiger partial charge in [0.05, 0.1) is 12.2 Å². The monoisotopic (exact) mass is 404 g/mol. The van der Waals surface area contributed by atoms with Gasteiger partial charge in [0.1, 0.15) is 29.8 Å². The highest BCUT2D eigenvalue weighted by Crippen LogP contribution is 2.36. The lowest BCUT2D eigenvalue weighted by Gasteiger charge is -2.07. The molecule has 2 heterocycles. The van der Waals surface area contributed by atoms with Crippen molar-refractivity contribution in [3.8, 4) is 17.1 Å². The Morgan fingerprint density at radius 2 is 1.83 bits per heavy atom. The molecular formula is C24H17ClO4. The first-order valence-corrected chi connectivity index (χ1v) is 9.73. The van der Waals surface area contributed by atoms with Crippen molar-refractivity contribution in [1.29, 1.82) is 0 Å². The second kappa shape index (κ2) is 7.39. The molecule has 0 radical (unpaired) electrons. The number of para-hydroxylation sites is 1. The number of fused-ring (bicyclic) bond motifs is 1. The molecule has 1 atom stereocenters. The van der Waals surface area contributed by atoms with Crippen molar-refractivity contribution in [3.05, 3.63) is 88.9 Å². The third kappa shape index (κ3) is 3.65. The molecule has 5 rings (SSSR count). The van der Waals surface area contributed by atoms with Gasteiger partial charge in [-0.2, -0.15) is 0 Å². The number of benzene rings is 3. The highest BCUT2D eigenvalue weighted by atomic mass is 35.5. The smallest absolute Gasteiger partial charge is 0.197 e. The average Bonchev–Trinajstić information content (AvgIpc) is 3.50. The Balaban J connectivity index is 1.60. The summed E-state index contributed by atoms with van der Waals surface area (Å²) in [6, 6.07) is 22.0. The minimum Gasteiger partial charge on any atom is -0.491 e. The fourth-order valence-electron chi connectivity index (χ4n) is 3.30. The number of ketones is 1. The molecule has 0 spiro atoms. The van der Waals surface area contributed by atoms with E-state index in [0.29, 0.717) is 39.8 Å². The molecule has 1 fully saturated rings. The maximum absolute atomic E-state index is 13.4. The lowest BCUT2D eigenvalue weighted by Crippen LogP contribution is -2.04. The van der Waals surface area contributed by atoms with Crippen LogP contribution in [0.3, 0.4) is 0 Å². The predicted molar refractivity (Wildman–Crippen MR) is 112 cm³/mol. The first kappa shape index (κ1) is 18.0. The van der Waals surface area contributed by atoms with Crippen LogP contribution in [0.25, 0.3) is 22.3 Å². The van der Waals surface area contributed by atoms with Crippen LogP contribution in [-0.2, 0) is 4.74 Å². The van der Waals surface area contributed by atoms with Crippen molar-refractivity contribution < 1.29 is 18.7 Å². The van der Waals surface area contributed by atoms with Gasteiger partial charge in [0.25, 0.3) is 0 Å². The minimum atomic E-state index is -0.112. The molecule has 5 heteroatoms. The molecular weight excluding hydrogens is 388 g/mol. The molecule has 3 aromatic carbocycles. The van der Waals surface area contributed by atoms with Gasteiger partial charge < -0.3 is 13.9 Å². The number of halogens is 1. The Kier molecular flexibility index (Phi) is 4.58. The van der Waals surface area contributed by atoms with Gasteiger partial charge in [-0.1, -0.05) is 41.9 Å². The SMILES string of the molecule is O=C(c1ccc(Cl)cc1)c1c(-c2cccc(OCC3CO3)c2)oc2ccccc12. The number of hydrogen-bond donors (Lipinski definition) is 0. The summed E-state index contributed by atoms with van der Waals surface area (Å²) in [6.45, 7) is 1.25. The van der Waals surface area contributed by atoms with Gasteiger partial charge in [-0.25, -0.2) is 0 Å². The first-order chi connectivity index (χ1) is 14.2. The normalized spacial score (nSPS) is 15.4. The summed E-state index contributed by atoms with van der Waals surface area (Å²) >= 11 is 5.98. The summed E-state index contributed by atoms with van der Waals surface area (Å²) < 4.78 is 17.1. The number of carbonyl (C=O) groups excluding carboxylic acids is 1. The number of furan rings is 1. The Morgan fingerprint density at radius 1 is 1.03 bits per heavy atom. The molecule has 1 aliphatic rings. The molecule has 1 aliphatic heterocycles. The summed E-state index contributed by atoms with van der Waals surface area (Å²) in [4.78, 5) is 13.4. The summed E-state index contributed by atoms with van der Waals surface area (Å²) in [6.07, 6.45) is 0.173.